The fourth-order valence-corrected chi connectivity index (χ4v) is 7.13. The largest absolute Gasteiger partial charge is 0.494 e. The highest BCUT2D eigenvalue weighted by molar-refractivity contribution is 6.00. The average molecular weight is 578 g/mol. The van der Waals surface area contributed by atoms with Crippen molar-refractivity contribution in [3.05, 3.63) is 59.8 Å². The number of hydrogen-bond donors (Lipinski definition) is 2. The molecule has 10 nitrogen and oxygen atoms in total. The summed E-state index contributed by atoms with van der Waals surface area (Å²) in [5, 5.41) is 10.4. The molecule has 5 heterocycles. The number of piperidine rings is 1. The molecule has 0 spiro atoms. The molecule has 220 valence electrons. The number of aromatic nitrogens is 5. The first-order chi connectivity index (χ1) is 20.9. The van der Waals surface area contributed by atoms with Crippen LogP contribution in [0.5, 0.6) is 5.75 Å². The number of benzene rings is 1. The number of aliphatic hydroxyl groups excluding tert-OH is 1. The molecule has 2 aliphatic carbocycles. The number of ether oxygens (including phenoxy) is 1. The Morgan fingerprint density at radius 3 is 2.58 bits per heavy atom. The van der Waals surface area contributed by atoms with E-state index in [1.807, 2.05) is 42.3 Å². The second kappa shape index (κ2) is 9.89. The number of methoxy groups -OCH3 is 1. The lowest BCUT2D eigenvalue weighted by Crippen LogP contribution is -2.41. The molecule has 1 aliphatic heterocycles. The first-order valence-electron chi connectivity index (χ1n) is 15.1. The zero-order chi connectivity index (χ0) is 29.4. The number of likely N-dealkylation sites (tertiary alicyclic amines) is 1. The SMILES string of the molecule is COc1cc(C(=O)N2CC3CCC2[C@@H]3N)cc2nc(-c3cc4ccc(-c5ccc(CO)cn5)nc4n3CC3CC3)n(C)c12. The molecular weight excluding hydrogens is 542 g/mol. The number of carbonyl (C=O) groups excluding carboxylic acids is 1. The van der Waals surface area contributed by atoms with Gasteiger partial charge in [-0.2, -0.15) is 0 Å². The minimum absolute atomic E-state index is 0.00439. The summed E-state index contributed by atoms with van der Waals surface area (Å²) in [6.07, 6.45) is 6.15. The lowest BCUT2D eigenvalue weighted by Gasteiger charge is -2.27. The maximum atomic E-state index is 13.7. The molecule has 3 atom stereocenters. The Morgan fingerprint density at radius 1 is 1.07 bits per heavy atom. The van der Waals surface area contributed by atoms with Crippen LogP contribution in [0.4, 0.5) is 0 Å². The number of nitrogens with zero attached hydrogens (tertiary/aromatic N) is 6. The minimum atomic E-state index is -0.0425. The van der Waals surface area contributed by atoms with Gasteiger partial charge in [0.25, 0.3) is 5.91 Å². The second-order valence-corrected chi connectivity index (χ2v) is 12.4. The Bertz CT molecular complexity index is 1890. The average Bonchev–Trinajstić information content (AvgIpc) is 3.44. The third kappa shape index (κ3) is 4.23. The Labute approximate surface area is 249 Å². The van der Waals surface area contributed by atoms with Crippen LogP contribution in [0.2, 0.25) is 0 Å². The summed E-state index contributed by atoms with van der Waals surface area (Å²) in [5.74, 6) is 2.41. The van der Waals surface area contributed by atoms with Gasteiger partial charge in [0, 0.05) is 49.4 Å². The van der Waals surface area contributed by atoms with Gasteiger partial charge in [0.15, 0.2) is 5.82 Å². The fourth-order valence-electron chi connectivity index (χ4n) is 7.13. The van der Waals surface area contributed by atoms with Gasteiger partial charge >= 0.3 is 0 Å². The van der Waals surface area contributed by atoms with Crippen LogP contribution >= 0.6 is 0 Å². The molecule has 8 rings (SSSR count). The van der Waals surface area contributed by atoms with Crippen molar-refractivity contribution >= 4 is 28.0 Å². The molecule has 1 saturated heterocycles. The normalized spacial score (nSPS) is 21.4. The van der Waals surface area contributed by atoms with Gasteiger partial charge in [-0.3, -0.25) is 9.78 Å². The van der Waals surface area contributed by atoms with Crippen LogP contribution in [-0.2, 0) is 20.2 Å². The Kier molecular flexibility index (Phi) is 6.06. The molecule has 4 aromatic heterocycles. The highest BCUT2D eigenvalue weighted by Gasteiger charge is 2.47. The molecule has 2 bridgehead atoms. The number of fused-ring (bicyclic) bond motifs is 4. The molecule has 3 N–H and O–H groups in total. The summed E-state index contributed by atoms with van der Waals surface area (Å²) in [5.41, 5.74) is 12.7. The highest BCUT2D eigenvalue weighted by Crippen LogP contribution is 2.40. The van der Waals surface area contributed by atoms with Crippen LogP contribution in [0.25, 0.3) is 45.0 Å². The van der Waals surface area contributed by atoms with Crippen LogP contribution < -0.4 is 10.5 Å². The molecule has 2 saturated carbocycles. The first-order valence-corrected chi connectivity index (χ1v) is 15.1. The van der Waals surface area contributed by atoms with Gasteiger partial charge < -0.3 is 29.6 Å². The number of aliphatic hydroxyl groups is 1. The highest BCUT2D eigenvalue weighted by atomic mass is 16.5. The van der Waals surface area contributed by atoms with E-state index < -0.39 is 0 Å². The van der Waals surface area contributed by atoms with Crippen LogP contribution in [-0.4, -0.2) is 65.7 Å². The van der Waals surface area contributed by atoms with Crippen molar-refractivity contribution in [3.8, 4) is 28.7 Å². The summed E-state index contributed by atoms with van der Waals surface area (Å²) >= 11 is 0. The van der Waals surface area contributed by atoms with Gasteiger partial charge in [-0.05, 0) is 79.5 Å². The number of hydrogen-bond acceptors (Lipinski definition) is 7. The summed E-state index contributed by atoms with van der Waals surface area (Å²) in [4.78, 5) is 30.3. The van der Waals surface area contributed by atoms with Crippen molar-refractivity contribution in [3.63, 3.8) is 0 Å². The predicted octanol–water partition coefficient (Wildman–Crippen LogP) is 4.12. The lowest BCUT2D eigenvalue weighted by atomic mass is 10.1. The van der Waals surface area contributed by atoms with Crippen molar-refractivity contribution in [1.82, 2.24) is 29.0 Å². The van der Waals surface area contributed by atoms with E-state index in [-0.39, 0.29) is 24.6 Å². The summed E-state index contributed by atoms with van der Waals surface area (Å²) in [6, 6.07) is 13.9. The van der Waals surface area contributed by atoms with Gasteiger partial charge in [0.1, 0.15) is 16.9 Å². The van der Waals surface area contributed by atoms with Crippen LogP contribution in [0.15, 0.2) is 48.7 Å². The monoisotopic (exact) mass is 577 g/mol. The summed E-state index contributed by atoms with van der Waals surface area (Å²) in [6.45, 7) is 1.53. The number of amides is 1. The number of nitrogens with two attached hydrogens (primary N) is 1. The van der Waals surface area contributed by atoms with E-state index in [4.69, 9.17) is 20.4 Å². The van der Waals surface area contributed by atoms with Crippen molar-refractivity contribution in [1.29, 1.82) is 0 Å². The van der Waals surface area contributed by atoms with E-state index in [9.17, 15) is 9.90 Å². The molecule has 10 heteroatoms. The van der Waals surface area contributed by atoms with Gasteiger partial charge in [-0.15, -0.1) is 0 Å². The standard InChI is InChI=1S/C33H35N7O3/c1-38-30-25(11-22(13-28(30)43-2)33(42)40-16-21-7-10-26(40)29(21)34)37-32(38)27-12-20-6-9-24(23-8-5-19(17-41)14-35-23)36-31(20)39(27)15-18-3-4-18/h5-6,8-9,11-14,18,21,26,29,41H,3-4,7,10,15-17,34H2,1-2H3/t21?,26?,29-/m1/s1. The van der Waals surface area contributed by atoms with E-state index in [0.29, 0.717) is 23.1 Å². The Balaban J connectivity index is 1.23. The van der Waals surface area contributed by atoms with E-state index >= 15 is 0 Å². The van der Waals surface area contributed by atoms with Crippen molar-refractivity contribution in [2.24, 2.45) is 24.6 Å². The number of aryl methyl sites for hydroxylation is 1. The molecule has 5 aromatic rings. The van der Waals surface area contributed by atoms with Gasteiger partial charge in [-0.25, -0.2) is 9.97 Å². The molecule has 43 heavy (non-hydrogen) atoms. The number of imidazole rings is 1. The minimum Gasteiger partial charge on any atom is -0.494 e. The first kappa shape index (κ1) is 26.4. The molecule has 1 aromatic carbocycles. The smallest absolute Gasteiger partial charge is 0.254 e. The van der Waals surface area contributed by atoms with E-state index in [2.05, 4.69) is 26.3 Å². The molecule has 2 unspecified atom stereocenters. The number of carbonyl (C=O) groups is 1. The zero-order valence-corrected chi connectivity index (χ0v) is 24.4. The topological polar surface area (TPSA) is 124 Å². The predicted molar refractivity (Wildman–Crippen MR) is 163 cm³/mol. The maximum Gasteiger partial charge on any atom is 0.254 e. The van der Waals surface area contributed by atoms with Gasteiger partial charge in [-0.1, -0.05) is 6.07 Å². The van der Waals surface area contributed by atoms with Crippen LogP contribution in [0.3, 0.4) is 0 Å². The maximum absolute atomic E-state index is 13.7. The Morgan fingerprint density at radius 2 is 1.91 bits per heavy atom. The summed E-state index contributed by atoms with van der Waals surface area (Å²) < 4.78 is 10.2. The molecular formula is C33H35N7O3. The number of pyridine rings is 2. The molecule has 0 radical (unpaired) electrons. The van der Waals surface area contributed by atoms with Crippen molar-refractivity contribution < 1.29 is 14.6 Å². The molecule has 1 amide bonds. The van der Waals surface area contributed by atoms with Gasteiger partial charge in [0.2, 0.25) is 0 Å². The molecule has 3 fully saturated rings. The van der Waals surface area contributed by atoms with E-state index in [0.717, 1.165) is 76.5 Å². The number of rotatable bonds is 7. The van der Waals surface area contributed by atoms with Crippen LogP contribution in [0, 0.1) is 11.8 Å². The Hall–Kier alpha value is -4.28. The van der Waals surface area contributed by atoms with E-state index in [1.54, 1.807) is 13.3 Å². The third-order valence-corrected chi connectivity index (χ3v) is 9.70. The summed E-state index contributed by atoms with van der Waals surface area (Å²) in [7, 11) is 3.64. The lowest BCUT2D eigenvalue weighted by molar-refractivity contribution is 0.0700. The van der Waals surface area contributed by atoms with Gasteiger partial charge in [0.05, 0.1) is 36.3 Å². The van der Waals surface area contributed by atoms with Crippen molar-refractivity contribution in [2.45, 2.75) is 50.9 Å². The van der Waals surface area contributed by atoms with Crippen molar-refractivity contribution in [2.75, 3.05) is 13.7 Å². The molecule has 3 aliphatic rings. The second-order valence-electron chi connectivity index (χ2n) is 12.4. The zero-order valence-electron chi connectivity index (χ0n) is 24.4. The van der Waals surface area contributed by atoms with Crippen LogP contribution in [0.1, 0.15) is 41.6 Å². The fraction of sp³-hybridized carbons (Fsp3) is 0.394. The third-order valence-electron chi connectivity index (χ3n) is 9.70. The quantitative estimate of drug-likeness (QED) is 0.298. The van der Waals surface area contributed by atoms with E-state index in [1.165, 1.54) is 12.8 Å².